The molecule has 1 aliphatic heterocycles. The maximum absolute atomic E-state index is 10.6. The van der Waals surface area contributed by atoms with Gasteiger partial charge in [0.15, 0.2) is 0 Å². The van der Waals surface area contributed by atoms with Gasteiger partial charge in [0.1, 0.15) is 11.7 Å². The third-order valence-corrected chi connectivity index (χ3v) is 5.13. The molecule has 0 aromatic carbocycles. The first-order valence-corrected chi connectivity index (χ1v) is 11.1. The van der Waals surface area contributed by atoms with E-state index in [0.29, 0.717) is 5.41 Å². The van der Waals surface area contributed by atoms with Crippen LogP contribution in [0.25, 0.3) is 0 Å². The van der Waals surface area contributed by atoms with E-state index in [1.54, 1.807) is 0 Å². The second kappa shape index (κ2) is 12.6. The minimum absolute atomic E-state index is 0.0292. The van der Waals surface area contributed by atoms with Crippen LogP contribution in [0.2, 0.25) is 0 Å². The Balaban J connectivity index is 2.13. The average Bonchev–Trinajstić information content (AvgIpc) is 3.36. The standard InChI is InChI=1S/C25H44O2/c1-6-7-8-9-10-11-12-13-14-15-17-21-25(5,26)23-22(27-23)19-16-18-20-24(2,3)4/h10-11,13-14,17,21-23,26H,6-9,12,15-16,18-20H2,1-5H3/b11-10-,14-13-,21-17-. The molecule has 3 unspecified atom stereocenters. The molecule has 1 fully saturated rings. The Kier molecular flexibility index (Phi) is 11.3. The number of hydrogen-bond donors (Lipinski definition) is 1. The summed E-state index contributed by atoms with van der Waals surface area (Å²) in [5.74, 6) is 0. The number of allylic oxidation sites excluding steroid dienone is 5. The van der Waals surface area contributed by atoms with E-state index in [0.717, 1.165) is 19.3 Å². The summed E-state index contributed by atoms with van der Waals surface area (Å²) in [6.07, 6.45) is 24.8. The Morgan fingerprint density at radius 1 is 0.852 bits per heavy atom. The van der Waals surface area contributed by atoms with Gasteiger partial charge in [-0.3, -0.25) is 0 Å². The maximum Gasteiger partial charge on any atom is 0.116 e. The van der Waals surface area contributed by atoms with Gasteiger partial charge in [0.05, 0.1) is 6.10 Å². The molecule has 0 radical (unpaired) electrons. The van der Waals surface area contributed by atoms with Crippen LogP contribution < -0.4 is 0 Å². The minimum atomic E-state index is -0.846. The topological polar surface area (TPSA) is 32.8 Å². The Bertz CT molecular complexity index is 465. The number of unbranched alkanes of at least 4 members (excludes halogenated alkanes) is 4. The van der Waals surface area contributed by atoms with E-state index in [1.807, 2.05) is 13.0 Å². The predicted octanol–water partition coefficient (Wildman–Crippen LogP) is 7.14. The monoisotopic (exact) mass is 376 g/mol. The first-order valence-electron chi connectivity index (χ1n) is 11.1. The van der Waals surface area contributed by atoms with E-state index in [9.17, 15) is 5.11 Å². The lowest BCUT2D eigenvalue weighted by Crippen LogP contribution is -2.30. The second-order valence-corrected chi connectivity index (χ2v) is 9.44. The van der Waals surface area contributed by atoms with E-state index in [2.05, 4.69) is 58.1 Å². The predicted molar refractivity (Wildman–Crippen MR) is 118 cm³/mol. The molecule has 0 amide bonds. The summed E-state index contributed by atoms with van der Waals surface area (Å²) in [4.78, 5) is 0. The third-order valence-electron chi connectivity index (χ3n) is 5.13. The molecule has 1 heterocycles. The highest BCUT2D eigenvalue weighted by atomic mass is 16.6. The molecule has 0 aliphatic carbocycles. The normalized spacial score (nSPS) is 22.9. The van der Waals surface area contributed by atoms with Crippen molar-refractivity contribution in [1.29, 1.82) is 0 Å². The van der Waals surface area contributed by atoms with Crippen molar-refractivity contribution in [3.05, 3.63) is 36.5 Å². The highest BCUT2D eigenvalue weighted by Crippen LogP contribution is 2.37. The quantitative estimate of drug-likeness (QED) is 0.198. The van der Waals surface area contributed by atoms with Crippen molar-refractivity contribution in [3.63, 3.8) is 0 Å². The molecule has 2 heteroatoms. The molecular formula is C25H44O2. The number of aliphatic hydroxyl groups is 1. The summed E-state index contributed by atoms with van der Waals surface area (Å²) in [7, 11) is 0. The second-order valence-electron chi connectivity index (χ2n) is 9.44. The van der Waals surface area contributed by atoms with E-state index in [-0.39, 0.29) is 12.2 Å². The van der Waals surface area contributed by atoms with Crippen LogP contribution >= 0.6 is 0 Å². The first kappa shape index (κ1) is 24.2. The van der Waals surface area contributed by atoms with Gasteiger partial charge in [-0.05, 0) is 50.9 Å². The Morgan fingerprint density at radius 2 is 1.52 bits per heavy atom. The third kappa shape index (κ3) is 12.3. The molecule has 1 saturated heterocycles. The van der Waals surface area contributed by atoms with Gasteiger partial charge in [-0.2, -0.15) is 0 Å². The van der Waals surface area contributed by atoms with E-state index in [4.69, 9.17) is 4.74 Å². The molecule has 1 rings (SSSR count). The lowest BCUT2D eigenvalue weighted by atomic mass is 9.89. The molecule has 0 spiro atoms. The molecule has 27 heavy (non-hydrogen) atoms. The molecule has 0 aromatic rings. The number of rotatable bonds is 14. The van der Waals surface area contributed by atoms with Gasteiger partial charge in [-0.1, -0.05) is 89.8 Å². The largest absolute Gasteiger partial charge is 0.383 e. The fourth-order valence-corrected chi connectivity index (χ4v) is 3.35. The fourth-order valence-electron chi connectivity index (χ4n) is 3.35. The molecule has 0 aromatic heterocycles. The van der Waals surface area contributed by atoms with Crippen molar-refractivity contribution < 1.29 is 9.84 Å². The average molecular weight is 377 g/mol. The number of ether oxygens (including phenoxy) is 1. The number of epoxide rings is 1. The zero-order chi connectivity index (χ0) is 20.2. The lowest BCUT2D eigenvalue weighted by molar-refractivity contribution is 0.0765. The summed E-state index contributed by atoms with van der Waals surface area (Å²) >= 11 is 0. The summed E-state index contributed by atoms with van der Waals surface area (Å²) in [6.45, 7) is 11.0. The van der Waals surface area contributed by atoms with Gasteiger partial charge in [0.2, 0.25) is 0 Å². The zero-order valence-electron chi connectivity index (χ0n) is 18.5. The van der Waals surface area contributed by atoms with Gasteiger partial charge < -0.3 is 9.84 Å². The number of hydrogen-bond acceptors (Lipinski definition) is 2. The van der Waals surface area contributed by atoms with E-state index >= 15 is 0 Å². The van der Waals surface area contributed by atoms with Crippen molar-refractivity contribution in [2.24, 2.45) is 5.41 Å². The molecule has 0 bridgehead atoms. The van der Waals surface area contributed by atoms with E-state index in [1.165, 1.54) is 44.9 Å². The van der Waals surface area contributed by atoms with Crippen LogP contribution in [0, 0.1) is 5.41 Å². The molecule has 2 nitrogen and oxygen atoms in total. The van der Waals surface area contributed by atoms with Crippen molar-refractivity contribution in [1.82, 2.24) is 0 Å². The van der Waals surface area contributed by atoms with Crippen LogP contribution in [0.5, 0.6) is 0 Å². The van der Waals surface area contributed by atoms with Crippen LogP contribution in [0.1, 0.15) is 98.8 Å². The summed E-state index contributed by atoms with van der Waals surface area (Å²) in [6, 6.07) is 0. The minimum Gasteiger partial charge on any atom is -0.383 e. The van der Waals surface area contributed by atoms with Crippen molar-refractivity contribution >= 4 is 0 Å². The smallest absolute Gasteiger partial charge is 0.116 e. The SMILES string of the molecule is CCCCC/C=C\C/C=C\C/C=C\C(C)(O)C1OC1CCCCC(C)(C)C. The van der Waals surface area contributed by atoms with Crippen LogP contribution in [-0.4, -0.2) is 22.9 Å². The van der Waals surface area contributed by atoms with Crippen molar-refractivity contribution in [2.45, 2.75) is 117 Å². The lowest BCUT2D eigenvalue weighted by Gasteiger charge is -2.17. The fraction of sp³-hybridized carbons (Fsp3) is 0.760. The molecule has 156 valence electrons. The van der Waals surface area contributed by atoms with Gasteiger partial charge in [0, 0.05) is 0 Å². The van der Waals surface area contributed by atoms with Gasteiger partial charge >= 0.3 is 0 Å². The maximum atomic E-state index is 10.6. The van der Waals surface area contributed by atoms with Crippen molar-refractivity contribution in [2.75, 3.05) is 0 Å². The first-order chi connectivity index (χ1) is 12.8. The molecule has 0 saturated carbocycles. The Labute approximate surface area is 168 Å². The molecular weight excluding hydrogens is 332 g/mol. The van der Waals surface area contributed by atoms with Crippen LogP contribution in [0.15, 0.2) is 36.5 Å². The van der Waals surface area contributed by atoms with Crippen LogP contribution in [0.4, 0.5) is 0 Å². The van der Waals surface area contributed by atoms with Crippen LogP contribution in [0.3, 0.4) is 0 Å². The summed E-state index contributed by atoms with van der Waals surface area (Å²) < 4.78 is 5.74. The van der Waals surface area contributed by atoms with Crippen molar-refractivity contribution in [3.8, 4) is 0 Å². The summed E-state index contributed by atoms with van der Waals surface area (Å²) in [5, 5.41) is 10.6. The molecule has 3 atom stereocenters. The highest BCUT2D eigenvalue weighted by Gasteiger charge is 2.49. The zero-order valence-corrected chi connectivity index (χ0v) is 18.5. The Morgan fingerprint density at radius 3 is 2.19 bits per heavy atom. The summed E-state index contributed by atoms with van der Waals surface area (Å²) in [5.41, 5.74) is -0.432. The van der Waals surface area contributed by atoms with Gasteiger partial charge in [-0.15, -0.1) is 0 Å². The molecule has 1 aliphatic rings. The van der Waals surface area contributed by atoms with Gasteiger partial charge in [-0.25, -0.2) is 0 Å². The van der Waals surface area contributed by atoms with Crippen LogP contribution in [-0.2, 0) is 4.74 Å². The van der Waals surface area contributed by atoms with Gasteiger partial charge in [0.25, 0.3) is 0 Å². The van der Waals surface area contributed by atoms with E-state index < -0.39 is 5.60 Å². The Hall–Kier alpha value is -0.860. The molecule has 1 N–H and O–H groups in total. The highest BCUT2D eigenvalue weighted by molar-refractivity contribution is 5.11.